The van der Waals surface area contributed by atoms with Crippen LogP contribution < -0.4 is 16.6 Å². The molecule has 1 aromatic heterocycles. The van der Waals surface area contributed by atoms with Gasteiger partial charge < -0.3 is 10.4 Å². The number of carbonyl (C=O) groups excluding carboxylic acids is 1. The Balaban J connectivity index is 2.04. The van der Waals surface area contributed by atoms with Crippen molar-refractivity contribution in [3.63, 3.8) is 0 Å². The Labute approximate surface area is 113 Å². The zero-order chi connectivity index (χ0) is 14.5. The van der Waals surface area contributed by atoms with Gasteiger partial charge in [0.05, 0.1) is 6.61 Å². The van der Waals surface area contributed by atoms with Gasteiger partial charge >= 0.3 is 5.69 Å². The highest BCUT2D eigenvalue weighted by Crippen LogP contribution is 2.09. The SMILES string of the molecule is O=C(Cn1ccc(=O)[nH]c1=O)Nc1ccc(CO)cc1. The minimum atomic E-state index is -0.636. The largest absolute Gasteiger partial charge is 0.392 e. The van der Waals surface area contributed by atoms with Crippen molar-refractivity contribution < 1.29 is 9.90 Å². The van der Waals surface area contributed by atoms with Gasteiger partial charge in [0.15, 0.2) is 0 Å². The average molecular weight is 275 g/mol. The van der Waals surface area contributed by atoms with Crippen molar-refractivity contribution in [3.8, 4) is 0 Å². The zero-order valence-corrected chi connectivity index (χ0v) is 10.5. The fourth-order valence-corrected chi connectivity index (χ4v) is 1.62. The molecule has 0 radical (unpaired) electrons. The highest BCUT2D eigenvalue weighted by molar-refractivity contribution is 5.90. The minimum Gasteiger partial charge on any atom is -0.392 e. The number of rotatable bonds is 4. The molecule has 2 rings (SSSR count). The van der Waals surface area contributed by atoms with Gasteiger partial charge in [-0.15, -0.1) is 0 Å². The van der Waals surface area contributed by atoms with Crippen LogP contribution in [0, 0.1) is 0 Å². The Kier molecular flexibility index (Phi) is 4.11. The van der Waals surface area contributed by atoms with Crippen LogP contribution in [-0.2, 0) is 17.9 Å². The number of nitrogens with zero attached hydrogens (tertiary/aromatic N) is 1. The zero-order valence-electron chi connectivity index (χ0n) is 10.5. The topological polar surface area (TPSA) is 104 Å². The molecule has 3 N–H and O–H groups in total. The first kappa shape index (κ1) is 13.8. The van der Waals surface area contributed by atoms with Gasteiger partial charge in [-0.3, -0.25) is 19.1 Å². The third kappa shape index (κ3) is 3.42. The fourth-order valence-electron chi connectivity index (χ4n) is 1.62. The van der Waals surface area contributed by atoms with Gasteiger partial charge in [-0.2, -0.15) is 0 Å². The summed E-state index contributed by atoms with van der Waals surface area (Å²) in [6, 6.07) is 7.84. The lowest BCUT2D eigenvalue weighted by Gasteiger charge is -2.07. The third-order valence-electron chi connectivity index (χ3n) is 2.63. The molecular formula is C13H13N3O4. The second kappa shape index (κ2) is 5.98. The maximum absolute atomic E-state index is 11.8. The van der Waals surface area contributed by atoms with Crippen LogP contribution in [0.15, 0.2) is 46.1 Å². The lowest BCUT2D eigenvalue weighted by molar-refractivity contribution is -0.116. The predicted molar refractivity (Wildman–Crippen MR) is 72.3 cm³/mol. The lowest BCUT2D eigenvalue weighted by atomic mass is 10.2. The van der Waals surface area contributed by atoms with Crippen LogP contribution >= 0.6 is 0 Å². The van der Waals surface area contributed by atoms with E-state index < -0.39 is 17.2 Å². The van der Waals surface area contributed by atoms with Crippen LogP contribution in [0.4, 0.5) is 5.69 Å². The van der Waals surface area contributed by atoms with Crippen LogP contribution in [0.3, 0.4) is 0 Å². The summed E-state index contributed by atoms with van der Waals surface area (Å²) in [4.78, 5) is 36.1. The molecule has 0 atom stereocenters. The normalized spacial score (nSPS) is 10.2. The minimum absolute atomic E-state index is 0.0685. The number of hydrogen-bond donors (Lipinski definition) is 3. The van der Waals surface area contributed by atoms with Crippen molar-refractivity contribution >= 4 is 11.6 Å². The monoisotopic (exact) mass is 275 g/mol. The lowest BCUT2D eigenvalue weighted by Crippen LogP contribution is -2.32. The van der Waals surface area contributed by atoms with Crippen molar-refractivity contribution in [3.05, 3.63) is 62.9 Å². The Hall–Kier alpha value is -2.67. The highest BCUT2D eigenvalue weighted by Gasteiger charge is 2.05. The number of amides is 1. The van der Waals surface area contributed by atoms with Gasteiger partial charge in [-0.25, -0.2) is 4.79 Å². The van der Waals surface area contributed by atoms with Gasteiger partial charge in [0.1, 0.15) is 6.54 Å². The first-order chi connectivity index (χ1) is 9.58. The summed E-state index contributed by atoms with van der Waals surface area (Å²) >= 11 is 0. The average Bonchev–Trinajstić information content (AvgIpc) is 2.43. The number of nitrogens with one attached hydrogen (secondary N) is 2. The summed E-state index contributed by atoms with van der Waals surface area (Å²) in [6.45, 7) is -0.266. The van der Waals surface area contributed by atoms with E-state index in [0.717, 1.165) is 10.1 Å². The molecule has 1 amide bonds. The summed E-state index contributed by atoms with van der Waals surface area (Å²) < 4.78 is 1.10. The van der Waals surface area contributed by atoms with E-state index in [4.69, 9.17) is 5.11 Å². The van der Waals surface area contributed by atoms with E-state index in [9.17, 15) is 14.4 Å². The van der Waals surface area contributed by atoms with Gasteiger partial charge in [0.2, 0.25) is 5.91 Å². The van der Waals surface area contributed by atoms with E-state index in [2.05, 4.69) is 10.3 Å². The molecule has 7 heteroatoms. The molecule has 104 valence electrons. The molecular weight excluding hydrogens is 262 g/mol. The molecule has 0 bridgehead atoms. The maximum Gasteiger partial charge on any atom is 0.328 e. The van der Waals surface area contributed by atoms with Crippen molar-refractivity contribution in [2.45, 2.75) is 13.2 Å². The Morgan fingerprint density at radius 3 is 2.50 bits per heavy atom. The fraction of sp³-hybridized carbons (Fsp3) is 0.154. The second-order valence-corrected chi connectivity index (χ2v) is 4.14. The van der Waals surface area contributed by atoms with Crippen LogP contribution in [0.2, 0.25) is 0 Å². The Morgan fingerprint density at radius 2 is 1.90 bits per heavy atom. The summed E-state index contributed by atoms with van der Waals surface area (Å²) in [6.07, 6.45) is 1.26. The second-order valence-electron chi connectivity index (χ2n) is 4.14. The first-order valence-corrected chi connectivity index (χ1v) is 5.88. The number of benzene rings is 1. The van der Waals surface area contributed by atoms with Gasteiger partial charge in [0, 0.05) is 18.0 Å². The van der Waals surface area contributed by atoms with Gasteiger partial charge in [-0.1, -0.05) is 12.1 Å². The highest BCUT2D eigenvalue weighted by atomic mass is 16.3. The van der Waals surface area contributed by atoms with E-state index in [1.54, 1.807) is 24.3 Å². The van der Waals surface area contributed by atoms with Crippen LogP contribution in [-0.4, -0.2) is 20.6 Å². The number of aromatic amines is 1. The van der Waals surface area contributed by atoms with Crippen molar-refractivity contribution in [2.75, 3.05) is 5.32 Å². The van der Waals surface area contributed by atoms with E-state index in [1.807, 2.05) is 0 Å². The molecule has 0 spiro atoms. The van der Waals surface area contributed by atoms with E-state index in [-0.39, 0.29) is 13.2 Å². The molecule has 0 aliphatic carbocycles. The summed E-state index contributed by atoms with van der Waals surface area (Å²) in [7, 11) is 0. The molecule has 0 fully saturated rings. The molecule has 1 aromatic carbocycles. The molecule has 2 aromatic rings. The smallest absolute Gasteiger partial charge is 0.328 e. The maximum atomic E-state index is 11.8. The number of anilines is 1. The number of aliphatic hydroxyl groups is 1. The Bertz CT molecular complexity index is 715. The standard InChI is InChI=1S/C13H13N3O4/c17-8-9-1-3-10(4-2-9)14-12(19)7-16-6-5-11(18)15-13(16)20/h1-6,17H,7-8H2,(H,14,19)(H,15,18,20). The summed E-state index contributed by atoms with van der Waals surface area (Å²) in [5.41, 5.74) is 0.152. The summed E-state index contributed by atoms with van der Waals surface area (Å²) in [5.74, 6) is -0.393. The van der Waals surface area contributed by atoms with E-state index in [1.165, 1.54) is 12.3 Å². The quantitative estimate of drug-likeness (QED) is 0.710. The van der Waals surface area contributed by atoms with E-state index >= 15 is 0 Å². The van der Waals surface area contributed by atoms with Crippen LogP contribution in [0.25, 0.3) is 0 Å². The molecule has 0 unspecified atom stereocenters. The van der Waals surface area contributed by atoms with Gasteiger partial charge in [0.25, 0.3) is 5.56 Å². The molecule has 0 aliphatic heterocycles. The van der Waals surface area contributed by atoms with Crippen molar-refractivity contribution in [1.82, 2.24) is 9.55 Å². The molecule has 0 aliphatic rings. The molecule has 1 heterocycles. The number of aromatic nitrogens is 2. The van der Waals surface area contributed by atoms with Crippen LogP contribution in [0.1, 0.15) is 5.56 Å². The van der Waals surface area contributed by atoms with Crippen LogP contribution in [0.5, 0.6) is 0 Å². The summed E-state index contributed by atoms with van der Waals surface area (Å²) in [5, 5.41) is 11.5. The number of H-pyrrole nitrogens is 1. The first-order valence-electron chi connectivity index (χ1n) is 5.88. The van der Waals surface area contributed by atoms with Crippen molar-refractivity contribution in [1.29, 1.82) is 0 Å². The Morgan fingerprint density at radius 1 is 1.20 bits per heavy atom. The number of aliphatic hydroxyl groups excluding tert-OH is 1. The predicted octanol–water partition coefficient (Wildman–Crippen LogP) is -0.332. The number of hydrogen-bond acceptors (Lipinski definition) is 4. The van der Waals surface area contributed by atoms with E-state index in [0.29, 0.717) is 5.69 Å². The molecule has 20 heavy (non-hydrogen) atoms. The van der Waals surface area contributed by atoms with Gasteiger partial charge in [-0.05, 0) is 17.7 Å². The third-order valence-corrected chi connectivity index (χ3v) is 2.63. The number of carbonyl (C=O) groups is 1. The molecule has 0 saturated heterocycles. The molecule has 7 nitrogen and oxygen atoms in total. The van der Waals surface area contributed by atoms with Crippen molar-refractivity contribution in [2.24, 2.45) is 0 Å². The molecule has 0 saturated carbocycles.